The van der Waals surface area contributed by atoms with E-state index in [9.17, 15) is 17.1 Å². The first-order chi connectivity index (χ1) is 7.45. The van der Waals surface area contributed by atoms with E-state index in [1.54, 1.807) is 0 Å². The van der Waals surface area contributed by atoms with Crippen molar-refractivity contribution < 1.29 is 17.1 Å². The summed E-state index contributed by atoms with van der Waals surface area (Å²) >= 11 is 0. The van der Waals surface area contributed by atoms with Crippen molar-refractivity contribution in [2.45, 2.75) is 11.7 Å². The van der Waals surface area contributed by atoms with Crippen molar-refractivity contribution in [3.05, 3.63) is 0 Å². The Labute approximate surface area is 94.2 Å². The van der Waals surface area contributed by atoms with Crippen molar-refractivity contribution in [3.8, 4) is 0 Å². The number of nitrogens with two attached hydrogens (primary N) is 1. The van der Waals surface area contributed by atoms with Crippen LogP contribution in [0.3, 0.4) is 0 Å². The molecule has 1 heterocycles. The van der Waals surface area contributed by atoms with Gasteiger partial charge >= 0.3 is 10.2 Å². The normalized spacial score (nSPS) is 21.8. The molecule has 0 aliphatic carbocycles. The van der Waals surface area contributed by atoms with Crippen LogP contribution in [0.5, 0.6) is 0 Å². The topological polar surface area (TPSA) is 92.5 Å². The Hall–Kier alpha value is -0.730. The van der Waals surface area contributed by atoms with Crippen LogP contribution in [0, 0.1) is 0 Å². The van der Waals surface area contributed by atoms with Crippen LogP contribution in [0.25, 0.3) is 0 Å². The molecule has 1 unspecified atom stereocenters. The van der Waals surface area contributed by atoms with Crippen LogP contribution in [0.2, 0.25) is 0 Å². The monoisotopic (exact) mass is 253 g/mol. The molecule has 0 spiro atoms. The summed E-state index contributed by atoms with van der Waals surface area (Å²) in [6.45, 7) is 1.98. The molecule has 0 aromatic heterocycles. The molecule has 6 nitrogen and oxygen atoms in total. The standard InChI is InChI=1S/C8H16FN3O3S/c9-16(14,15)7-5-8(13)12(6-7)4-3-11-2-1-10/h7,11H,1-6,10H2. The zero-order chi connectivity index (χ0) is 12.2. The fourth-order valence-electron chi connectivity index (χ4n) is 1.58. The first-order valence-electron chi connectivity index (χ1n) is 5.07. The van der Waals surface area contributed by atoms with Crippen molar-refractivity contribution >= 4 is 16.1 Å². The third-order valence-electron chi connectivity index (χ3n) is 2.46. The highest BCUT2D eigenvalue weighted by Gasteiger charge is 2.37. The molecule has 16 heavy (non-hydrogen) atoms. The second-order valence-corrected chi connectivity index (χ2v) is 5.30. The molecule has 1 atom stereocenters. The molecule has 0 aromatic rings. The summed E-state index contributed by atoms with van der Waals surface area (Å²) < 4.78 is 33.9. The van der Waals surface area contributed by atoms with E-state index in [1.165, 1.54) is 4.90 Å². The van der Waals surface area contributed by atoms with E-state index in [4.69, 9.17) is 5.73 Å². The molecule has 94 valence electrons. The summed E-state index contributed by atoms with van der Waals surface area (Å²) in [4.78, 5) is 12.7. The number of hydrogen-bond acceptors (Lipinski definition) is 5. The minimum absolute atomic E-state index is 0.0536. The highest BCUT2D eigenvalue weighted by Crippen LogP contribution is 2.18. The quantitative estimate of drug-likeness (QED) is 0.441. The van der Waals surface area contributed by atoms with Gasteiger partial charge in [-0.2, -0.15) is 8.42 Å². The van der Waals surface area contributed by atoms with E-state index in [2.05, 4.69) is 5.32 Å². The maximum atomic E-state index is 12.6. The third kappa shape index (κ3) is 3.69. The number of rotatable bonds is 6. The Morgan fingerprint density at radius 3 is 2.69 bits per heavy atom. The Kier molecular flexibility index (Phi) is 4.63. The summed E-state index contributed by atoms with van der Waals surface area (Å²) in [6, 6.07) is 0. The fourth-order valence-corrected chi connectivity index (χ4v) is 2.28. The lowest BCUT2D eigenvalue weighted by molar-refractivity contribution is -0.127. The van der Waals surface area contributed by atoms with Gasteiger partial charge in [0.1, 0.15) is 5.25 Å². The van der Waals surface area contributed by atoms with Crippen LogP contribution in [0.15, 0.2) is 0 Å². The van der Waals surface area contributed by atoms with Gasteiger partial charge in [0.05, 0.1) is 0 Å². The fraction of sp³-hybridized carbons (Fsp3) is 0.875. The molecule has 0 saturated carbocycles. The van der Waals surface area contributed by atoms with Gasteiger partial charge in [0.2, 0.25) is 5.91 Å². The molecular weight excluding hydrogens is 237 g/mol. The summed E-state index contributed by atoms with van der Waals surface area (Å²) in [6.07, 6.45) is -0.254. The Balaban J connectivity index is 2.37. The van der Waals surface area contributed by atoms with E-state index in [0.717, 1.165) is 0 Å². The highest BCUT2D eigenvalue weighted by molar-refractivity contribution is 7.87. The second kappa shape index (κ2) is 5.55. The molecule has 8 heteroatoms. The minimum Gasteiger partial charge on any atom is -0.340 e. The van der Waals surface area contributed by atoms with Gasteiger partial charge in [0.25, 0.3) is 0 Å². The van der Waals surface area contributed by atoms with Crippen molar-refractivity contribution in [2.75, 3.05) is 32.7 Å². The maximum Gasteiger partial charge on any atom is 0.307 e. The zero-order valence-corrected chi connectivity index (χ0v) is 9.67. The molecule has 1 aliphatic heterocycles. The molecule has 1 fully saturated rings. The predicted molar refractivity (Wildman–Crippen MR) is 56.9 cm³/mol. The predicted octanol–water partition coefficient (Wildman–Crippen LogP) is -1.57. The average Bonchev–Trinajstić information content (AvgIpc) is 2.55. The lowest BCUT2D eigenvalue weighted by Gasteiger charge is -2.15. The Morgan fingerprint density at radius 2 is 2.19 bits per heavy atom. The molecule has 1 rings (SSSR count). The Bertz CT molecular complexity index is 346. The van der Waals surface area contributed by atoms with Crippen molar-refractivity contribution in [3.63, 3.8) is 0 Å². The molecule has 3 N–H and O–H groups in total. The number of nitrogens with one attached hydrogen (secondary N) is 1. The number of halogens is 1. The second-order valence-electron chi connectivity index (χ2n) is 3.68. The molecule has 0 bridgehead atoms. The van der Waals surface area contributed by atoms with E-state index in [1.807, 2.05) is 0 Å². The highest BCUT2D eigenvalue weighted by atomic mass is 32.3. The van der Waals surface area contributed by atoms with Gasteiger partial charge in [-0.3, -0.25) is 4.79 Å². The molecule has 1 amide bonds. The zero-order valence-electron chi connectivity index (χ0n) is 8.86. The smallest absolute Gasteiger partial charge is 0.307 e. The van der Waals surface area contributed by atoms with Gasteiger partial charge in [-0.1, -0.05) is 0 Å². The number of amides is 1. The summed E-state index contributed by atoms with van der Waals surface area (Å²) in [5, 5.41) is 1.77. The van der Waals surface area contributed by atoms with Gasteiger partial charge in [0.15, 0.2) is 0 Å². The van der Waals surface area contributed by atoms with Crippen LogP contribution in [0.4, 0.5) is 3.89 Å². The summed E-state index contributed by atoms with van der Waals surface area (Å²) in [5.74, 6) is -0.319. The number of nitrogens with zero attached hydrogens (tertiary/aromatic N) is 1. The minimum atomic E-state index is -4.61. The number of carbonyl (C=O) groups is 1. The number of hydrogen-bond donors (Lipinski definition) is 2. The van der Waals surface area contributed by atoms with E-state index >= 15 is 0 Å². The summed E-state index contributed by atoms with van der Waals surface area (Å²) in [7, 11) is -4.61. The van der Waals surface area contributed by atoms with E-state index in [0.29, 0.717) is 26.2 Å². The van der Waals surface area contributed by atoms with Crippen LogP contribution in [0.1, 0.15) is 6.42 Å². The van der Waals surface area contributed by atoms with Crippen molar-refractivity contribution in [1.29, 1.82) is 0 Å². The SMILES string of the molecule is NCCNCCN1CC(S(=O)(=O)F)CC1=O. The lowest BCUT2D eigenvalue weighted by atomic mass is 10.4. The summed E-state index contributed by atoms with van der Waals surface area (Å²) in [5.41, 5.74) is 5.26. The van der Waals surface area contributed by atoms with Crippen LogP contribution < -0.4 is 11.1 Å². The first-order valence-corrected chi connectivity index (χ1v) is 6.52. The van der Waals surface area contributed by atoms with E-state index in [-0.39, 0.29) is 18.9 Å². The molecular formula is C8H16FN3O3S. The number of carbonyl (C=O) groups excluding carboxylic acids is 1. The van der Waals surface area contributed by atoms with Gasteiger partial charge < -0.3 is 16.0 Å². The van der Waals surface area contributed by atoms with E-state index < -0.39 is 15.5 Å². The van der Waals surface area contributed by atoms with Crippen molar-refractivity contribution in [1.82, 2.24) is 10.2 Å². The first kappa shape index (κ1) is 13.3. The van der Waals surface area contributed by atoms with Gasteiger partial charge in [-0.25, -0.2) is 0 Å². The van der Waals surface area contributed by atoms with Crippen LogP contribution in [-0.2, 0) is 15.0 Å². The van der Waals surface area contributed by atoms with Gasteiger partial charge in [-0.05, 0) is 0 Å². The largest absolute Gasteiger partial charge is 0.340 e. The lowest BCUT2D eigenvalue weighted by Crippen LogP contribution is -2.35. The van der Waals surface area contributed by atoms with Gasteiger partial charge in [-0.15, -0.1) is 3.89 Å². The molecule has 1 saturated heterocycles. The molecule has 1 aliphatic rings. The van der Waals surface area contributed by atoms with Crippen LogP contribution in [-0.4, -0.2) is 57.2 Å². The molecule has 0 aromatic carbocycles. The van der Waals surface area contributed by atoms with Crippen molar-refractivity contribution in [2.24, 2.45) is 5.73 Å². The van der Waals surface area contributed by atoms with Crippen LogP contribution >= 0.6 is 0 Å². The number of likely N-dealkylation sites (tertiary alicyclic amines) is 1. The van der Waals surface area contributed by atoms with Gasteiger partial charge in [0, 0.05) is 39.1 Å². The maximum absolute atomic E-state index is 12.6. The Morgan fingerprint density at radius 1 is 1.50 bits per heavy atom. The average molecular weight is 253 g/mol. The third-order valence-corrected chi connectivity index (χ3v) is 3.57. The molecule has 0 radical (unpaired) electrons.